The Balaban J connectivity index is 1.33. The number of fused-ring (bicyclic) bond motifs is 3. The maximum atomic E-state index is 15.8. The highest BCUT2D eigenvalue weighted by Gasteiger charge is 2.55. The molecular weight excluding hydrogens is 1380 g/mol. The molecule has 12 amide bonds. The Labute approximate surface area is 624 Å². The molecule has 29 heteroatoms. The Morgan fingerprint density at radius 3 is 1.84 bits per heavy atom. The van der Waals surface area contributed by atoms with Gasteiger partial charge in [0.15, 0.2) is 0 Å². The third kappa shape index (κ3) is 21.1. The van der Waals surface area contributed by atoms with Gasteiger partial charge in [0.25, 0.3) is 0 Å². The van der Waals surface area contributed by atoms with Crippen molar-refractivity contribution in [3.8, 4) is 0 Å². The Hall–Kier alpha value is -6.97. The largest absolute Gasteiger partial charge is 0.397 e. The summed E-state index contributed by atoms with van der Waals surface area (Å²) >= 11 is 0. The number of alkyl halides is 5. The van der Waals surface area contributed by atoms with Gasteiger partial charge >= 0.3 is 6.18 Å². The average Bonchev–Trinajstić information content (AvgIpc) is 0.930. The van der Waals surface area contributed by atoms with E-state index in [2.05, 4.69) is 22.9 Å². The fourth-order valence-electron chi connectivity index (χ4n) is 17.7. The molecule has 3 aliphatic heterocycles. The van der Waals surface area contributed by atoms with Gasteiger partial charge in [0.05, 0.1) is 19.5 Å². The summed E-state index contributed by atoms with van der Waals surface area (Å²) < 4.78 is 73.0. The number of carbonyl (C=O) groups excluding carboxylic acids is 12. The standard InChI is InChI=1S/C77H123F5N12O12/c1-15-24-51-41-58-68(99)85-76(34-21-22-35-76)75(106)92(14)66(52-25-19-20-26-52)74(105)91(13)59(70(101)86(7)8)42-62(96)90(12)57(37-46(3)4)67(98)84-65(48(6)16-2)73(104)88(10)45-63(97)89(11)56-27-18-17-23-36-93(72(56)103)60(40-49-30-28-47(5)29-31-49)71(102)87(9)44-61(95)83-55(69(100)94(58)43-51)33-32-50-38-53(78)64(54(79)39-50)77(80,81)82/h17-18,46-60,64-66H,15-16,19-45H2,1-14H3,(H,83,95)(H,84,98)(H,85,99)/b18-17-/t47?,48-,49?,50?,51+,53?,54?,55-,56-,57-,58-,59-,60-,64?,65-,66-/m0/s1. The summed E-state index contributed by atoms with van der Waals surface area (Å²) in [4.78, 5) is 193. The number of carbonyl (C=O) groups is 12. The second-order valence-corrected chi connectivity index (χ2v) is 33.0. The van der Waals surface area contributed by atoms with Crippen LogP contribution in [0, 0.1) is 47.3 Å². The lowest BCUT2D eigenvalue weighted by molar-refractivity contribution is -0.219. The summed E-state index contributed by atoms with van der Waals surface area (Å²) in [5.41, 5.74) is -1.63. The lowest BCUT2D eigenvalue weighted by Gasteiger charge is -2.42. The van der Waals surface area contributed by atoms with Crippen molar-refractivity contribution < 1.29 is 79.5 Å². The van der Waals surface area contributed by atoms with Crippen molar-refractivity contribution in [2.75, 3.05) is 82.6 Å². The van der Waals surface area contributed by atoms with Crippen LogP contribution >= 0.6 is 0 Å². The van der Waals surface area contributed by atoms with E-state index in [1.165, 1.54) is 90.7 Å². The lowest BCUT2D eigenvalue weighted by Crippen LogP contribution is -2.65. The minimum Gasteiger partial charge on any atom is -0.347 e. The van der Waals surface area contributed by atoms with Crippen LogP contribution < -0.4 is 16.0 Å². The van der Waals surface area contributed by atoms with Crippen molar-refractivity contribution in [1.82, 2.24) is 60.0 Å². The zero-order valence-electron chi connectivity index (χ0n) is 65.4. The molecule has 7 rings (SSSR count). The zero-order chi connectivity index (χ0) is 78.6. The number of rotatable bonds is 13. The number of hydrogen-bond donors (Lipinski definition) is 3. The molecule has 0 radical (unpaired) electrons. The van der Waals surface area contributed by atoms with E-state index in [1.807, 2.05) is 33.8 Å². The Kier molecular flexibility index (Phi) is 30.9. The van der Waals surface area contributed by atoms with Crippen molar-refractivity contribution >= 4 is 70.9 Å². The van der Waals surface area contributed by atoms with E-state index in [9.17, 15) is 41.9 Å². The molecule has 0 aromatic carbocycles. The second kappa shape index (κ2) is 37.9. The maximum absolute atomic E-state index is 15.8. The number of nitrogens with one attached hydrogen (secondary N) is 3. The van der Waals surface area contributed by atoms with E-state index in [4.69, 9.17) is 0 Å². The highest BCUT2D eigenvalue weighted by atomic mass is 19.4. The van der Waals surface area contributed by atoms with Gasteiger partial charge in [0.2, 0.25) is 70.9 Å². The maximum Gasteiger partial charge on any atom is 0.397 e. The van der Waals surface area contributed by atoms with Gasteiger partial charge in [0, 0.05) is 69.5 Å². The van der Waals surface area contributed by atoms with Gasteiger partial charge in [-0.3, -0.25) is 57.5 Å². The molecule has 7 aliphatic rings. The first-order valence-electron chi connectivity index (χ1n) is 39.1. The van der Waals surface area contributed by atoms with E-state index in [0.29, 0.717) is 70.1 Å². The normalized spacial score (nSPS) is 32.3. The molecule has 24 nitrogen and oxygen atoms in total. The van der Waals surface area contributed by atoms with E-state index in [0.717, 1.165) is 35.5 Å². The number of nitrogens with zero attached hydrogens (tertiary/aromatic N) is 9. The van der Waals surface area contributed by atoms with E-state index >= 15 is 37.5 Å². The quantitative estimate of drug-likeness (QED) is 0.122. The number of amides is 12. The summed E-state index contributed by atoms with van der Waals surface area (Å²) in [5.74, 6) is -13.1. The monoisotopic (exact) mass is 1500 g/mol. The second-order valence-electron chi connectivity index (χ2n) is 33.0. The third-order valence-corrected chi connectivity index (χ3v) is 24.4. The molecule has 0 aromatic rings. The van der Waals surface area contributed by atoms with Crippen LogP contribution in [0.4, 0.5) is 22.0 Å². The summed E-state index contributed by atoms with van der Waals surface area (Å²) in [5, 5.41) is 8.77. The fourth-order valence-corrected chi connectivity index (χ4v) is 17.7. The molecule has 12 atom stereocenters. The first-order chi connectivity index (χ1) is 49.9. The van der Waals surface area contributed by atoms with Crippen LogP contribution in [0.15, 0.2) is 12.2 Å². The topological polar surface area (TPSA) is 270 Å². The SMILES string of the molecule is CCC[C@@H]1C[C@H]2C(=O)NC3(CCCC3)C(=O)N(C)[C@@H](C3CCCC3)C(=O)N(C)[C@H](C(=O)N(C)C)CC(=O)N(C)[C@@H](CC(C)C)C(=O)N[C@@H]([C@@H](C)CC)C(=O)N(C)CC(=O)N(C)[C@H]3C/C=C\CCN(C3=O)[C@@H](CC3CCC(C)CC3)C(=O)N(C)CC(=O)N[C@@H](CCC3CC(F)C(C(F)(F)F)C(F)C3)C(=O)N2C1. The average molecular weight is 1500 g/mol. The van der Waals surface area contributed by atoms with E-state index in [1.54, 1.807) is 13.0 Å². The van der Waals surface area contributed by atoms with Gasteiger partial charge in [-0.15, -0.1) is 0 Å². The molecule has 2 bridgehead atoms. The predicted octanol–water partition coefficient (Wildman–Crippen LogP) is 7.21. The predicted molar refractivity (Wildman–Crippen MR) is 388 cm³/mol. The number of hydrogen-bond acceptors (Lipinski definition) is 12. The van der Waals surface area contributed by atoms with Gasteiger partial charge < -0.3 is 60.0 Å². The molecule has 3 N–H and O–H groups in total. The first kappa shape index (κ1) is 86.3. The fraction of sp³-hybridized carbons (Fsp3) is 0.818. The van der Waals surface area contributed by atoms with Gasteiger partial charge in [-0.25, -0.2) is 8.78 Å². The molecule has 1 spiro atoms. The van der Waals surface area contributed by atoms with Crippen LogP contribution in [-0.4, -0.2) is 270 Å². The van der Waals surface area contributed by atoms with Crippen molar-refractivity contribution in [2.24, 2.45) is 47.3 Å². The Morgan fingerprint density at radius 2 is 1.25 bits per heavy atom. The summed E-state index contributed by atoms with van der Waals surface area (Å²) in [6.07, 6.45) is -0.139. The molecular formula is C77H123F5N12O12. The summed E-state index contributed by atoms with van der Waals surface area (Å²) in [6, 6.07) is -10.4. The molecule has 4 saturated carbocycles. The molecule has 3 heterocycles. The summed E-state index contributed by atoms with van der Waals surface area (Å²) in [7, 11) is 11.4. The number of likely N-dealkylation sites (N-methyl/N-ethyl adjacent to an activating group) is 7. The van der Waals surface area contributed by atoms with Crippen molar-refractivity contribution in [3.05, 3.63) is 12.2 Å². The van der Waals surface area contributed by atoms with Crippen molar-refractivity contribution in [1.29, 1.82) is 0 Å². The smallest absolute Gasteiger partial charge is 0.347 e. The van der Waals surface area contributed by atoms with E-state index in [-0.39, 0.29) is 82.2 Å². The van der Waals surface area contributed by atoms with Gasteiger partial charge in [0.1, 0.15) is 72.1 Å². The van der Waals surface area contributed by atoms with Crippen molar-refractivity contribution in [3.63, 3.8) is 0 Å². The van der Waals surface area contributed by atoms with Crippen LogP contribution in [0.2, 0.25) is 0 Å². The highest BCUT2D eigenvalue weighted by molar-refractivity contribution is 6.01. The molecule has 2 saturated heterocycles. The lowest BCUT2D eigenvalue weighted by atomic mass is 9.76. The minimum atomic E-state index is -5.16. The highest BCUT2D eigenvalue weighted by Crippen LogP contribution is 2.45. The van der Waals surface area contributed by atoms with Crippen LogP contribution in [0.5, 0.6) is 0 Å². The van der Waals surface area contributed by atoms with E-state index < -0.39 is 199 Å². The molecule has 0 aromatic heterocycles. The summed E-state index contributed by atoms with van der Waals surface area (Å²) in [6.45, 7) is 10.1. The molecule has 4 aliphatic carbocycles. The first-order valence-corrected chi connectivity index (χ1v) is 39.1. The zero-order valence-corrected chi connectivity index (χ0v) is 65.4. The molecule has 6 fully saturated rings. The van der Waals surface area contributed by atoms with Gasteiger partial charge in [-0.1, -0.05) is 118 Å². The van der Waals surface area contributed by atoms with Gasteiger partial charge in [-0.2, -0.15) is 13.2 Å². The Bertz CT molecular complexity index is 3130. The third-order valence-electron chi connectivity index (χ3n) is 24.4. The number of halogens is 5. The molecule has 598 valence electrons. The van der Waals surface area contributed by atoms with Crippen LogP contribution in [0.3, 0.4) is 0 Å². The van der Waals surface area contributed by atoms with Crippen LogP contribution in [0.25, 0.3) is 0 Å². The van der Waals surface area contributed by atoms with Crippen molar-refractivity contribution in [2.45, 2.75) is 274 Å². The van der Waals surface area contributed by atoms with Crippen LogP contribution in [0.1, 0.15) is 202 Å². The Morgan fingerprint density at radius 1 is 0.632 bits per heavy atom. The molecule has 2 unspecified atom stereocenters. The van der Waals surface area contributed by atoms with Gasteiger partial charge in [-0.05, 0) is 131 Å². The minimum absolute atomic E-state index is 0.0105. The van der Waals surface area contributed by atoms with Crippen LogP contribution in [-0.2, 0) is 57.5 Å². The molecule has 106 heavy (non-hydrogen) atoms.